The Kier molecular flexibility index (Phi) is 8.42. The van der Waals surface area contributed by atoms with Gasteiger partial charge in [0.2, 0.25) is 0 Å². The standard InChI is InChI=1S/C14H27N3/c1-7-12(3)14(10-16-6)13(4)17-9-11(2)8-15-5/h8,15-16H,7,9-10H2,1-6H3/b11-8-,14-12-,17-13+. The fourth-order valence-corrected chi connectivity index (χ4v) is 1.61. The summed E-state index contributed by atoms with van der Waals surface area (Å²) in [7, 11) is 3.88. The molecule has 17 heavy (non-hydrogen) atoms. The van der Waals surface area contributed by atoms with E-state index in [1.54, 1.807) is 0 Å². The molecular weight excluding hydrogens is 210 g/mol. The molecule has 0 aliphatic heterocycles. The number of aliphatic imine (C=N–C) groups is 1. The van der Waals surface area contributed by atoms with Crippen LogP contribution in [-0.4, -0.2) is 32.9 Å². The van der Waals surface area contributed by atoms with Crippen LogP contribution in [0.25, 0.3) is 0 Å². The second kappa shape index (κ2) is 8.99. The Balaban J connectivity index is 4.79. The van der Waals surface area contributed by atoms with Gasteiger partial charge in [0, 0.05) is 19.3 Å². The van der Waals surface area contributed by atoms with Crippen LogP contribution in [0, 0.1) is 0 Å². The van der Waals surface area contributed by atoms with Crippen molar-refractivity contribution in [1.29, 1.82) is 0 Å². The molecular formula is C14H27N3. The van der Waals surface area contributed by atoms with Crippen LogP contribution in [-0.2, 0) is 0 Å². The van der Waals surface area contributed by atoms with Crippen molar-refractivity contribution in [1.82, 2.24) is 10.6 Å². The summed E-state index contributed by atoms with van der Waals surface area (Å²) in [5, 5.41) is 6.23. The summed E-state index contributed by atoms with van der Waals surface area (Å²) in [6.07, 6.45) is 3.07. The number of hydrogen-bond acceptors (Lipinski definition) is 3. The van der Waals surface area contributed by atoms with E-state index >= 15 is 0 Å². The molecule has 3 heteroatoms. The molecule has 0 spiro atoms. The molecule has 0 atom stereocenters. The number of nitrogens with one attached hydrogen (secondary N) is 2. The smallest absolute Gasteiger partial charge is 0.0617 e. The number of rotatable bonds is 7. The third-order valence-corrected chi connectivity index (χ3v) is 2.79. The van der Waals surface area contributed by atoms with Crippen LogP contribution in [0.2, 0.25) is 0 Å². The lowest BCUT2D eigenvalue weighted by atomic mass is 10.0. The molecule has 0 saturated heterocycles. The van der Waals surface area contributed by atoms with Gasteiger partial charge in [0.05, 0.1) is 6.54 Å². The molecule has 2 N–H and O–H groups in total. The molecule has 0 bridgehead atoms. The van der Waals surface area contributed by atoms with Crippen LogP contribution in [0.1, 0.15) is 34.1 Å². The van der Waals surface area contributed by atoms with E-state index in [1.165, 1.54) is 16.7 Å². The zero-order chi connectivity index (χ0) is 13.3. The van der Waals surface area contributed by atoms with Crippen molar-refractivity contribution >= 4 is 5.71 Å². The number of allylic oxidation sites excluding steroid dienone is 1. The van der Waals surface area contributed by atoms with Crippen molar-refractivity contribution in [3.05, 3.63) is 22.9 Å². The van der Waals surface area contributed by atoms with Gasteiger partial charge in [-0.05, 0) is 51.6 Å². The maximum absolute atomic E-state index is 4.64. The topological polar surface area (TPSA) is 36.4 Å². The molecule has 0 heterocycles. The van der Waals surface area contributed by atoms with Crippen molar-refractivity contribution in [2.45, 2.75) is 34.1 Å². The molecule has 0 radical (unpaired) electrons. The monoisotopic (exact) mass is 237 g/mol. The van der Waals surface area contributed by atoms with E-state index in [-0.39, 0.29) is 0 Å². The Morgan fingerprint density at radius 1 is 1.18 bits per heavy atom. The molecule has 0 aromatic heterocycles. The van der Waals surface area contributed by atoms with Crippen LogP contribution in [0.5, 0.6) is 0 Å². The Hall–Kier alpha value is -1.09. The molecule has 0 rings (SSSR count). The first-order valence-corrected chi connectivity index (χ1v) is 6.24. The lowest BCUT2D eigenvalue weighted by molar-refractivity contribution is 0.880. The first-order chi connectivity index (χ1) is 8.06. The Labute approximate surface area is 106 Å². The highest BCUT2D eigenvalue weighted by molar-refractivity contribution is 5.99. The van der Waals surface area contributed by atoms with Crippen molar-refractivity contribution in [2.24, 2.45) is 4.99 Å². The summed E-state index contributed by atoms with van der Waals surface area (Å²) in [5.41, 5.74) is 5.13. The third kappa shape index (κ3) is 6.27. The molecule has 0 saturated carbocycles. The predicted molar refractivity (Wildman–Crippen MR) is 77.7 cm³/mol. The SMILES string of the molecule is CC/C(C)=C(CNC)\C(C)=N\C/C(C)=C\NC. The van der Waals surface area contributed by atoms with Crippen molar-refractivity contribution in [3.8, 4) is 0 Å². The van der Waals surface area contributed by atoms with Gasteiger partial charge in [-0.3, -0.25) is 4.99 Å². The Morgan fingerprint density at radius 2 is 1.82 bits per heavy atom. The summed E-state index contributed by atoms with van der Waals surface area (Å²) in [6, 6.07) is 0. The average molecular weight is 237 g/mol. The van der Waals surface area contributed by atoms with Gasteiger partial charge in [0.25, 0.3) is 0 Å². The average Bonchev–Trinajstić information content (AvgIpc) is 2.32. The minimum atomic E-state index is 0.761. The molecule has 0 aromatic rings. The first kappa shape index (κ1) is 15.9. The molecule has 0 unspecified atom stereocenters. The molecule has 0 aliphatic rings. The van der Waals surface area contributed by atoms with E-state index in [4.69, 9.17) is 0 Å². The Bertz CT molecular complexity index is 311. The van der Waals surface area contributed by atoms with E-state index in [0.29, 0.717) is 0 Å². The van der Waals surface area contributed by atoms with E-state index in [9.17, 15) is 0 Å². The normalized spacial score (nSPS) is 14.7. The largest absolute Gasteiger partial charge is 0.394 e. The highest BCUT2D eigenvalue weighted by Crippen LogP contribution is 2.10. The maximum atomic E-state index is 4.64. The van der Waals surface area contributed by atoms with E-state index in [1.807, 2.05) is 20.3 Å². The molecule has 3 nitrogen and oxygen atoms in total. The second-order valence-corrected chi connectivity index (χ2v) is 4.32. The van der Waals surface area contributed by atoms with Crippen LogP contribution < -0.4 is 10.6 Å². The van der Waals surface area contributed by atoms with Gasteiger partial charge in [0.1, 0.15) is 0 Å². The van der Waals surface area contributed by atoms with Gasteiger partial charge < -0.3 is 10.6 Å². The maximum Gasteiger partial charge on any atom is 0.0617 e. The molecule has 0 aromatic carbocycles. The lowest BCUT2D eigenvalue weighted by Crippen LogP contribution is -2.17. The highest BCUT2D eigenvalue weighted by Gasteiger charge is 2.04. The second-order valence-electron chi connectivity index (χ2n) is 4.32. The quantitative estimate of drug-likeness (QED) is 0.668. The zero-order valence-corrected chi connectivity index (χ0v) is 12.1. The van der Waals surface area contributed by atoms with E-state index < -0.39 is 0 Å². The van der Waals surface area contributed by atoms with Crippen LogP contribution in [0.15, 0.2) is 27.9 Å². The van der Waals surface area contributed by atoms with Gasteiger partial charge in [-0.25, -0.2) is 0 Å². The summed E-state index contributed by atoms with van der Waals surface area (Å²) >= 11 is 0. The minimum Gasteiger partial charge on any atom is -0.394 e. The number of hydrogen-bond donors (Lipinski definition) is 2. The van der Waals surface area contributed by atoms with Gasteiger partial charge in [-0.1, -0.05) is 12.5 Å². The van der Waals surface area contributed by atoms with Crippen LogP contribution in [0.3, 0.4) is 0 Å². The van der Waals surface area contributed by atoms with Crippen LogP contribution >= 0.6 is 0 Å². The predicted octanol–water partition coefficient (Wildman–Crippen LogP) is 2.52. The van der Waals surface area contributed by atoms with Gasteiger partial charge >= 0.3 is 0 Å². The summed E-state index contributed by atoms with van der Waals surface area (Å²) < 4.78 is 0. The fraction of sp³-hybridized carbons (Fsp3) is 0.643. The van der Waals surface area contributed by atoms with Crippen molar-refractivity contribution in [3.63, 3.8) is 0 Å². The minimum absolute atomic E-state index is 0.761. The van der Waals surface area contributed by atoms with Gasteiger partial charge in [-0.2, -0.15) is 0 Å². The number of likely N-dealkylation sites (N-methyl/N-ethyl adjacent to an activating group) is 1. The molecule has 98 valence electrons. The zero-order valence-electron chi connectivity index (χ0n) is 12.1. The highest BCUT2D eigenvalue weighted by atomic mass is 14.8. The summed E-state index contributed by atoms with van der Waals surface area (Å²) in [5.74, 6) is 0. The number of nitrogens with zero attached hydrogens (tertiary/aromatic N) is 1. The third-order valence-electron chi connectivity index (χ3n) is 2.79. The van der Waals surface area contributed by atoms with Gasteiger partial charge in [-0.15, -0.1) is 0 Å². The van der Waals surface area contributed by atoms with Crippen molar-refractivity contribution in [2.75, 3.05) is 27.2 Å². The Morgan fingerprint density at radius 3 is 2.29 bits per heavy atom. The molecule has 0 amide bonds. The van der Waals surface area contributed by atoms with E-state index in [2.05, 4.69) is 43.3 Å². The molecule has 0 aliphatic carbocycles. The molecule has 0 fully saturated rings. The van der Waals surface area contributed by atoms with Crippen LogP contribution in [0.4, 0.5) is 0 Å². The first-order valence-electron chi connectivity index (χ1n) is 6.24. The fourth-order valence-electron chi connectivity index (χ4n) is 1.61. The lowest BCUT2D eigenvalue weighted by Gasteiger charge is -2.11. The van der Waals surface area contributed by atoms with Gasteiger partial charge in [0.15, 0.2) is 0 Å². The summed E-state index contributed by atoms with van der Waals surface area (Å²) in [6.45, 7) is 10.2. The van der Waals surface area contributed by atoms with Crippen molar-refractivity contribution < 1.29 is 0 Å². The van der Waals surface area contributed by atoms with E-state index in [0.717, 1.165) is 25.2 Å². The summed E-state index contributed by atoms with van der Waals surface area (Å²) in [4.78, 5) is 4.64.